The summed E-state index contributed by atoms with van der Waals surface area (Å²) in [5.41, 5.74) is 0. The SMILES string of the molecule is CCC1CN(CCS(=O)(=O)CC)CCC1O. The number of rotatable bonds is 5. The van der Waals surface area contributed by atoms with Crippen molar-refractivity contribution in [1.29, 1.82) is 0 Å². The van der Waals surface area contributed by atoms with Crippen LogP contribution in [0.3, 0.4) is 0 Å². The van der Waals surface area contributed by atoms with Crippen molar-refractivity contribution in [3.8, 4) is 0 Å². The maximum absolute atomic E-state index is 11.4. The summed E-state index contributed by atoms with van der Waals surface area (Å²) in [4.78, 5) is 2.16. The molecule has 0 aromatic rings. The van der Waals surface area contributed by atoms with Gasteiger partial charge in [0.1, 0.15) is 0 Å². The molecule has 2 unspecified atom stereocenters. The number of likely N-dealkylation sites (tertiary alicyclic amines) is 1. The van der Waals surface area contributed by atoms with Crippen LogP contribution < -0.4 is 0 Å². The third kappa shape index (κ3) is 4.03. The maximum Gasteiger partial charge on any atom is 0.151 e. The fourth-order valence-corrected chi connectivity index (χ4v) is 2.94. The van der Waals surface area contributed by atoms with E-state index in [0.717, 1.165) is 25.9 Å². The Kier molecular flexibility index (Phi) is 5.21. The Labute approximate surface area is 98.6 Å². The van der Waals surface area contributed by atoms with Gasteiger partial charge in [-0.1, -0.05) is 13.8 Å². The minimum Gasteiger partial charge on any atom is -0.393 e. The first-order valence-corrected chi connectivity index (χ1v) is 7.91. The average Bonchev–Trinajstić information content (AvgIpc) is 2.28. The quantitative estimate of drug-likeness (QED) is 0.771. The first kappa shape index (κ1) is 13.9. The molecule has 1 aliphatic heterocycles. The van der Waals surface area contributed by atoms with Gasteiger partial charge in [-0.2, -0.15) is 0 Å². The molecule has 96 valence electrons. The van der Waals surface area contributed by atoms with E-state index in [1.807, 2.05) is 0 Å². The Bertz CT molecular complexity index is 302. The van der Waals surface area contributed by atoms with Crippen molar-refractivity contribution in [2.24, 2.45) is 5.92 Å². The molecule has 1 heterocycles. The number of piperidine rings is 1. The summed E-state index contributed by atoms with van der Waals surface area (Å²) in [5.74, 6) is 0.773. The molecule has 1 aliphatic rings. The van der Waals surface area contributed by atoms with Crippen LogP contribution in [0.1, 0.15) is 26.7 Å². The predicted octanol–water partition coefficient (Wildman–Crippen LogP) is 0.514. The molecule has 1 fully saturated rings. The van der Waals surface area contributed by atoms with Gasteiger partial charge in [-0.3, -0.25) is 0 Å². The topological polar surface area (TPSA) is 57.6 Å². The molecule has 0 saturated carbocycles. The van der Waals surface area contributed by atoms with Gasteiger partial charge in [-0.05, 0) is 18.8 Å². The number of aliphatic hydroxyl groups excluding tert-OH is 1. The van der Waals surface area contributed by atoms with Gasteiger partial charge in [0.25, 0.3) is 0 Å². The summed E-state index contributed by atoms with van der Waals surface area (Å²) in [5, 5.41) is 9.72. The molecule has 0 aromatic heterocycles. The standard InChI is InChI=1S/C11H23NO3S/c1-3-10-9-12(6-5-11(10)13)7-8-16(14,15)4-2/h10-11,13H,3-9H2,1-2H3. The molecule has 0 aromatic carbocycles. The summed E-state index contributed by atoms with van der Waals surface area (Å²) < 4.78 is 22.8. The summed E-state index contributed by atoms with van der Waals surface area (Å²) in [6, 6.07) is 0. The van der Waals surface area contributed by atoms with Crippen LogP contribution in [0.4, 0.5) is 0 Å². The third-order valence-corrected chi connectivity index (χ3v) is 5.14. The number of hydrogen-bond donors (Lipinski definition) is 1. The van der Waals surface area contributed by atoms with Crippen molar-refractivity contribution in [3.63, 3.8) is 0 Å². The lowest BCUT2D eigenvalue weighted by Crippen LogP contribution is -2.44. The Morgan fingerprint density at radius 1 is 1.38 bits per heavy atom. The van der Waals surface area contributed by atoms with Gasteiger partial charge in [-0.15, -0.1) is 0 Å². The molecule has 0 radical (unpaired) electrons. The molecule has 1 N–H and O–H groups in total. The number of sulfone groups is 1. The van der Waals surface area contributed by atoms with Crippen LogP contribution in [-0.4, -0.2) is 55.7 Å². The lowest BCUT2D eigenvalue weighted by Gasteiger charge is -2.35. The highest BCUT2D eigenvalue weighted by molar-refractivity contribution is 7.91. The highest BCUT2D eigenvalue weighted by atomic mass is 32.2. The monoisotopic (exact) mass is 249 g/mol. The van der Waals surface area contributed by atoms with Crippen LogP contribution in [0.15, 0.2) is 0 Å². The van der Waals surface area contributed by atoms with Crippen molar-refractivity contribution >= 4 is 9.84 Å². The second-order valence-electron chi connectivity index (χ2n) is 4.56. The van der Waals surface area contributed by atoms with Gasteiger partial charge >= 0.3 is 0 Å². The van der Waals surface area contributed by atoms with Crippen LogP contribution >= 0.6 is 0 Å². The number of hydrogen-bond acceptors (Lipinski definition) is 4. The first-order valence-electron chi connectivity index (χ1n) is 6.09. The van der Waals surface area contributed by atoms with E-state index < -0.39 is 9.84 Å². The first-order chi connectivity index (χ1) is 7.48. The molecular weight excluding hydrogens is 226 g/mol. The Balaban J connectivity index is 2.39. The average molecular weight is 249 g/mol. The smallest absolute Gasteiger partial charge is 0.151 e. The molecule has 0 spiro atoms. The van der Waals surface area contributed by atoms with Gasteiger partial charge in [0.2, 0.25) is 0 Å². The zero-order chi connectivity index (χ0) is 12.2. The van der Waals surface area contributed by atoms with E-state index in [1.165, 1.54) is 0 Å². The van der Waals surface area contributed by atoms with Crippen LogP contribution in [0.2, 0.25) is 0 Å². The van der Waals surface area contributed by atoms with E-state index in [9.17, 15) is 13.5 Å². The molecular formula is C11H23NO3S. The fraction of sp³-hybridized carbons (Fsp3) is 1.00. The molecule has 0 aliphatic carbocycles. The van der Waals surface area contributed by atoms with Gasteiger partial charge in [0.15, 0.2) is 9.84 Å². The normalized spacial score (nSPS) is 28.2. The third-order valence-electron chi connectivity index (χ3n) is 3.46. The van der Waals surface area contributed by atoms with Crippen molar-refractivity contribution < 1.29 is 13.5 Å². The van der Waals surface area contributed by atoms with E-state index in [-0.39, 0.29) is 17.6 Å². The zero-order valence-corrected chi connectivity index (χ0v) is 11.0. The Hall–Kier alpha value is -0.130. The van der Waals surface area contributed by atoms with Crippen molar-refractivity contribution in [2.45, 2.75) is 32.8 Å². The van der Waals surface area contributed by atoms with Crippen molar-refractivity contribution in [2.75, 3.05) is 31.1 Å². The Morgan fingerprint density at radius 3 is 2.62 bits per heavy atom. The molecule has 5 heteroatoms. The molecule has 4 nitrogen and oxygen atoms in total. The van der Waals surface area contributed by atoms with Gasteiger partial charge in [-0.25, -0.2) is 8.42 Å². The van der Waals surface area contributed by atoms with E-state index in [4.69, 9.17) is 0 Å². The van der Waals surface area contributed by atoms with E-state index >= 15 is 0 Å². The number of aliphatic hydroxyl groups is 1. The molecule has 16 heavy (non-hydrogen) atoms. The lowest BCUT2D eigenvalue weighted by molar-refractivity contribution is 0.0275. The van der Waals surface area contributed by atoms with Crippen LogP contribution in [0.25, 0.3) is 0 Å². The maximum atomic E-state index is 11.4. The second kappa shape index (κ2) is 5.98. The van der Waals surface area contributed by atoms with Gasteiger partial charge in [0, 0.05) is 25.4 Å². The highest BCUT2D eigenvalue weighted by Gasteiger charge is 2.26. The van der Waals surface area contributed by atoms with E-state index in [0.29, 0.717) is 12.5 Å². The molecule has 1 rings (SSSR count). The molecule has 2 atom stereocenters. The molecule has 0 bridgehead atoms. The van der Waals surface area contributed by atoms with Crippen LogP contribution in [0, 0.1) is 5.92 Å². The molecule has 1 saturated heterocycles. The van der Waals surface area contributed by atoms with Crippen molar-refractivity contribution in [1.82, 2.24) is 4.90 Å². The summed E-state index contributed by atoms with van der Waals surface area (Å²) in [6.45, 7) is 6.01. The Morgan fingerprint density at radius 2 is 2.06 bits per heavy atom. The predicted molar refractivity (Wildman–Crippen MR) is 65.2 cm³/mol. The second-order valence-corrected chi connectivity index (χ2v) is 7.03. The zero-order valence-electron chi connectivity index (χ0n) is 10.2. The van der Waals surface area contributed by atoms with Gasteiger partial charge < -0.3 is 10.0 Å². The summed E-state index contributed by atoms with van der Waals surface area (Å²) >= 11 is 0. The van der Waals surface area contributed by atoms with Gasteiger partial charge in [0.05, 0.1) is 11.9 Å². The van der Waals surface area contributed by atoms with E-state index in [2.05, 4.69) is 11.8 Å². The summed E-state index contributed by atoms with van der Waals surface area (Å²) in [6.07, 6.45) is 1.52. The summed E-state index contributed by atoms with van der Waals surface area (Å²) in [7, 11) is -2.86. The minimum atomic E-state index is -2.86. The fourth-order valence-electron chi connectivity index (χ4n) is 2.11. The highest BCUT2D eigenvalue weighted by Crippen LogP contribution is 2.19. The van der Waals surface area contributed by atoms with Crippen molar-refractivity contribution in [3.05, 3.63) is 0 Å². The molecule has 0 amide bonds. The van der Waals surface area contributed by atoms with Crippen LogP contribution in [0.5, 0.6) is 0 Å². The minimum absolute atomic E-state index is 0.205. The number of nitrogens with zero attached hydrogens (tertiary/aromatic N) is 1. The lowest BCUT2D eigenvalue weighted by atomic mass is 9.92. The van der Waals surface area contributed by atoms with E-state index in [1.54, 1.807) is 6.92 Å². The largest absolute Gasteiger partial charge is 0.393 e. The van der Waals surface area contributed by atoms with Crippen LogP contribution in [-0.2, 0) is 9.84 Å².